The number of amides is 1. The summed E-state index contributed by atoms with van der Waals surface area (Å²) in [6.45, 7) is -2.87. The second kappa shape index (κ2) is 7.36. The molecule has 0 unspecified atom stereocenters. The van der Waals surface area contributed by atoms with Gasteiger partial charge in [-0.3, -0.25) is 4.79 Å². The molecule has 1 fully saturated rings. The molecule has 0 heterocycles. The molecular weight excluding hydrogens is 280 g/mol. The number of alkyl halides is 2. The number of halogens is 2. The van der Waals surface area contributed by atoms with Crippen molar-refractivity contribution in [1.82, 2.24) is 5.32 Å². The zero-order valence-corrected chi connectivity index (χ0v) is 11.6. The topological polar surface area (TPSA) is 58.6 Å². The minimum Gasteiger partial charge on any atom is -0.435 e. The van der Waals surface area contributed by atoms with E-state index in [4.69, 9.17) is 0 Å². The van der Waals surface area contributed by atoms with Crippen molar-refractivity contribution in [3.05, 3.63) is 29.8 Å². The first-order valence-electron chi connectivity index (χ1n) is 7.04. The van der Waals surface area contributed by atoms with E-state index in [1.807, 2.05) is 0 Å². The van der Waals surface area contributed by atoms with E-state index in [9.17, 15) is 18.7 Å². The maximum absolute atomic E-state index is 12.1. The summed E-state index contributed by atoms with van der Waals surface area (Å²) in [5.74, 6) is -0.0957. The first kappa shape index (κ1) is 15.7. The fourth-order valence-corrected chi connectivity index (χ4v) is 2.52. The number of aliphatic hydroxyl groups excluding tert-OH is 1. The summed E-state index contributed by atoms with van der Waals surface area (Å²) < 4.78 is 28.6. The summed E-state index contributed by atoms with van der Waals surface area (Å²) in [5, 5.41) is 12.3. The fourth-order valence-electron chi connectivity index (χ4n) is 2.52. The minimum atomic E-state index is -2.87. The standard InChI is InChI=1S/C15H19F2NO3/c16-15(17)21-13-3-1-2-10(8-13)9-14(20)18-11-4-6-12(19)7-5-11/h1-3,8,11-12,15,19H,4-7,9H2,(H,18,20). The van der Waals surface area contributed by atoms with Crippen molar-refractivity contribution in [3.63, 3.8) is 0 Å². The molecule has 0 spiro atoms. The molecule has 1 amide bonds. The number of hydrogen-bond acceptors (Lipinski definition) is 3. The fraction of sp³-hybridized carbons (Fsp3) is 0.533. The van der Waals surface area contributed by atoms with E-state index in [-0.39, 0.29) is 30.2 Å². The van der Waals surface area contributed by atoms with Gasteiger partial charge in [-0.05, 0) is 43.4 Å². The second-order valence-electron chi connectivity index (χ2n) is 5.28. The van der Waals surface area contributed by atoms with E-state index in [1.165, 1.54) is 12.1 Å². The van der Waals surface area contributed by atoms with Crippen molar-refractivity contribution < 1.29 is 23.4 Å². The van der Waals surface area contributed by atoms with Crippen LogP contribution in [0, 0.1) is 0 Å². The lowest BCUT2D eigenvalue weighted by molar-refractivity contribution is -0.121. The number of hydrogen-bond donors (Lipinski definition) is 2. The number of nitrogens with one attached hydrogen (secondary N) is 1. The summed E-state index contributed by atoms with van der Waals surface area (Å²) in [4.78, 5) is 11.9. The van der Waals surface area contributed by atoms with E-state index in [0.29, 0.717) is 18.4 Å². The quantitative estimate of drug-likeness (QED) is 0.876. The van der Waals surface area contributed by atoms with Gasteiger partial charge in [0, 0.05) is 6.04 Å². The Bertz CT molecular complexity index is 474. The van der Waals surface area contributed by atoms with E-state index in [1.54, 1.807) is 12.1 Å². The lowest BCUT2D eigenvalue weighted by Gasteiger charge is -2.26. The number of aliphatic hydroxyl groups is 1. The monoisotopic (exact) mass is 299 g/mol. The lowest BCUT2D eigenvalue weighted by atomic mass is 9.93. The minimum absolute atomic E-state index is 0.0519. The van der Waals surface area contributed by atoms with Gasteiger partial charge >= 0.3 is 6.61 Å². The molecule has 1 aromatic carbocycles. The van der Waals surface area contributed by atoms with Crippen molar-refractivity contribution >= 4 is 5.91 Å². The van der Waals surface area contributed by atoms with Crippen LogP contribution >= 0.6 is 0 Å². The highest BCUT2D eigenvalue weighted by atomic mass is 19.3. The Balaban J connectivity index is 1.84. The van der Waals surface area contributed by atoms with Crippen molar-refractivity contribution in [1.29, 1.82) is 0 Å². The zero-order valence-electron chi connectivity index (χ0n) is 11.6. The van der Waals surface area contributed by atoms with E-state index in [2.05, 4.69) is 10.1 Å². The summed E-state index contributed by atoms with van der Waals surface area (Å²) in [6, 6.07) is 6.23. The highest BCUT2D eigenvalue weighted by molar-refractivity contribution is 5.79. The maximum Gasteiger partial charge on any atom is 0.387 e. The van der Waals surface area contributed by atoms with E-state index in [0.717, 1.165) is 12.8 Å². The molecule has 0 radical (unpaired) electrons. The summed E-state index contributed by atoms with van der Waals surface area (Å²) >= 11 is 0. The third-order valence-electron chi connectivity index (χ3n) is 3.55. The molecule has 1 saturated carbocycles. The largest absolute Gasteiger partial charge is 0.435 e. The second-order valence-corrected chi connectivity index (χ2v) is 5.28. The Morgan fingerprint density at radius 2 is 2.05 bits per heavy atom. The lowest BCUT2D eigenvalue weighted by Crippen LogP contribution is -2.39. The molecule has 0 aromatic heterocycles. The Morgan fingerprint density at radius 3 is 2.71 bits per heavy atom. The Hall–Kier alpha value is -1.69. The van der Waals surface area contributed by atoms with Crippen molar-refractivity contribution in [2.24, 2.45) is 0 Å². The number of carbonyl (C=O) groups excluding carboxylic acids is 1. The normalized spacial score (nSPS) is 22.1. The molecule has 21 heavy (non-hydrogen) atoms. The van der Waals surface area contributed by atoms with Crippen molar-refractivity contribution in [3.8, 4) is 5.75 Å². The molecule has 2 N–H and O–H groups in total. The van der Waals surface area contributed by atoms with Gasteiger partial charge in [0.15, 0.2) is 0 Å². The van der Waals surface area contributed by atoms with Gasteiger partial charge in [0.1, 0.15) is 5.75 Å². The molecule has 2 rings (SSSR count). The molecule has 1 aliphatic rings. The van der Waals surface area contributed by atoms with Crippen LogP contribution in [-0.2, 0) is 11.2 Å². The van der Waals surface area contributed by atoms with Crippen LogP contribution < -0.4 is 10.1 Å². The Kier molecular flexibility index (Phi) is 5.50. The molecule has 6 heteroatoms. The molecule has 1 aliphatic carbocycles. The van der Waals surface area contributed by atoms with Gasteiger partial charge in [0.25, 0.3) is 0 Å². The summed E-state index contributed by atoms with van der Waals surface area (Å²) in [7, 11) is 0. The number of benzene rings is 1. The van der Waals surface area contributed by atoms with Crippen LogP contribution in [0.15, 0.2) is 24.3 Å². The van der Waals surface area contributed by atoms with Crippen LogP contribution in [0.5, 0.6) is 5.75 Å². The van der Waals surface area contributed by atoms with Gasteiger partial charge in [-0.15, -0.1) is 0 Å². The average Bonchev–Trinajstić information content (AvgIpc) is 2.41. The third kappa shape index (κ3) is 5.30. The zero-order chi connectivity index (χ0) is 15.2. The highest BCUT2D eigenvalue weighted by Crippen LogP contribution is 2.19. The van der Waals surface area contributed by atoms with Crippen LogP contribution in [0.3, 0.4) is 0 Å². The van der Waals surface area contributed by atoms with Gasteiger partial charge in [-0.25, -0.2) is 0 Å². The molecule has 0 bridgehead atoms. The SMILES string of the molecule is O=C(Cc1cccc(OC(F)F)c1)NC1CCC(O)CC1. The molecule has 116 valence electrons. The van der Waals surface area contributed by atoms with Crippen LogP contribution in [0.1, 0.15) is 31.2 Å². The van der Waals surface area contributed by atoms with Gasteiger partial charge in [-0.2, -0.15) is 8.78 Å². The number of carbonyl (C=O) groups is 1. The van der Waals surface area contributed by atoms with Crippen LogP contribution in [0.2, 0.25) is 0 Å². The first-order chi connectivity index (χ1) is 10.0. The number of rotatable bonds is 5. The van der Waals surface area contributed by atoms with E-state index >= 15 is 0 Å². The molecular formula is C15H19F2NO3. The van der Waals surface area contributed by atoms with E-state index < -0.39 is 6.61 Å². The Morgan fingerprint density at radius 1 is 1.33 bits per heavy atom. The van der Waals surface area contributed by atoms with Crippen LogP contribution in [0.4, 0.5) is 8.78 Å². The summed E-state index contributed by atoms with van der Waals surface area (Å²) in [6.07, 6.45) is 2.79. The van der Waals surface area contributed by atoms with Crippen LogP contribution in [0.25, 0.3) is 0 Å². The van der Waals surface area contributed by atoms with Gasteiger partial charge in [0.2, 0.25) is 5.91 Å². The first-order valence-corrected chi connectivity index (χ1v) is 7.04. The highest BCUT2D eigenvalue weighted by Gasteiger charge is 2.20. The molecule has 1 aromatic rings. The predicted octanol–water partition coefficient (Wildman–Crippen LogP) is 2.25. The van der Waals surface area contributed by atoms with Gasteiger partial charge in [-0.1, -0.05) is 12.1 Å². The van der Waals surface area contributed by atoms with Crippen LogP contribution in [-0.4, -0.2) is 29.8 Å². The number of ether oxygens (including phenoxy) is 1. The van der Waals surface area contributed by atoms with Gasteiger partial charge < -0.3 is 15.2 Å². The Labute approximate surface area is 122 Å². The maximum atomic E-state index is 12.1. The third-order valence-corrected chi connectivity index (χ3v) is 3.55. The molecule has 0 aliphatic heterocycles. The molecule has 0 atom stereocenters. The van der Waals surface area contributed by atoms with Gasteiger partial charge in [0.05, 0.1) is 12.5 Å². The summed E-state index contributed by atoms with van der Waals surface area (Å²) in [5.41, 5.74) is 0.626. The molecule has 4 nitrogen and oxygen atoms in total. The smallest absolute Gasteiger partial charge is 0.387 e. The average molecular weight is 299 g/mol. The predicted molar refractivity (Wildman–Crippen MR) is 73.2 cm³/mol. The van der Waals surface area contributed by atoms with Crippen molar-refractivity contribution in [2.75, 3.05) is 0 Å². The molecule has 0 saturated heterocycles. The van der Waals surface area contributed by atoms with Crippen molar-refractivity contribution in [2.45, 2.75) is 50.9 Å².